The average Bonchev–Trinajstić information content (AvgIpc) is 3.02. The molecule has 3 rings (SSSR count). The molecule has 2 aromatic carbocycles. The molecule has 0 aliphatic rings. The summed E-state index contributed by atoms with van der Waals surface area (Å²) in [7, 11) is 3.36. The molecule has 6 nitrogen and oxygen atoms in total. The average molecular weight is 415 g/mol. The normalized spacial score (nSPS) is 13.1. The Labute approximate surface area is 174 Å². The molecular formula is C22H25ClN3O3+. The number of hydrogen-bond donors (Lipinski definition) is 3. The van der Waals surface area contributed by atoms with E-state index in [1.54, 1.807) is 18.2 Å². The molecule has 152 valence electrons. The number of halogens is 1. The van der Waals surface area contributed by atoms with Crippen molar-refractivity contribution >= 4 is 39.9 Å². The smallest absolute Gasteiger partial charge is 0.279 e. The van der Waals surface area contributed by atoms with Crippen LogP contribution < -0.4 is 15.0 Å². The molecule has 0 aliphatic heterocycles. The number of quaternary nitrogens is 1. The molecule has 1 heterocycles. The first-order valence-electron chi connectivity index (χ1n) is 9.39. The number of amides is 1. The summed E-state index contributed by atoms with van der Waals surface area (Å²) in [6.07, 6.45) is 0. The molecule has 1 unspecified atom stereocenters. The number of aromatic nitrogens is 1. The molecule has 7 heteroatoms. The first-order chi connectivity index (χ1) is 13.8. The minimum atomic E-state index is -0.389. The predicted molar refractivity (Wildman–Crippen MR) is 115 cm³/mol. The van der Waals surface area contributed by atoms with Crippen molar-refractivity contribution in [1.29, 1.82) is 0 Å². The van der Waals surface area contributed by atoms with E-state index in [0.717, 1.165) is 21.5 Å². The van der Waals surface area contributed by atoms with Gasteiger partial charge in [0.25, 0.3) is 5.91 Å². The summed E-state index contributed by atoms with van der Waals surface area (Å²) >= 11 is 6.01. The number of carbonyl (C=O) groups excluding carboxylic acids is 2. The van der Waals surface area contributed by atoms with Crippen molar-refractivity contribution in [3.63, 3.8) is 0 Å². The van der Waals surface area contributed by atoms with E-state index in [2.05, 4.69) is 10.3 Å². The molecule has 3 N–H and O–H groups in total. The lowest BCUT2D eigenvalue weighted by molar-refractivity contribution is -0.885. The zero-order chi connectivity index (χ0) is 21.1. The number of fused-ring (bicyclic) bond motifs is 1. The highest BCUT2D eigenvalue weighted by Crippen LogP contribution is 2.27. The van der Waals surface area contributed by atoms with Crippen molar-refractivity contribution < 1.29 is 19.2 Å². The summed E-state index contributed by atoms with van der Waals surface area (Å²) in [4.78, 5) is 29.8. The van der Waals surface area contributed by atoms with Crippen molar-refractivity contribution in [3.05, 3.63) is 58.7 Å². The number of ketones is 1. The molecule has 0 radical (unpaired) electrons. The van der Waals surface area contributed by atoms with Crippen molar-refractivity contribution in [1.82, 2.24) is 4.98 Å². The second-order valence-corrected chi connectivity index (χ2v) is 7.61. The Bertz CT molecular complexity index is 1060. The van der Waals surface area contributed by atoms with E-state index in [9.17, 15) is 9.59 Å². The van der Waals surface area contributed by atoms with Crippen LogP contribution in [0, 0.1) is 6.92 Å². The molecule has 1 amide bonds. The number of methoxy groups -OCH3 is 1. The highest BCUT2D eigenvalue weighted by atomic mass is 35.5. The van der Waals surface area contributed by atoms with E-state index in [1.807, 2.05) is 45.2 Å². The first kappa shape index (κ1) is 20.9. The second-order valence-electron chi connectivity index (χ2n) is 7.17. The predicted octanol–water partition coefficient (Wildman–Crippen LogP) is 2.86. The van der Waals surface area contributed by atoms with Crippen molar-refractivity contribution in [2.24, 2.45) is 0 Å². The summed E-state index contributed by atoms with van der Waals surface area (Å²) in [5.74, 6) is 0.308. The van der Waals surface area contributed by atoms with Gasteiger partial charge in [0.15, 0.2) is 6.54 Å². The molecule has 0 spiro atoms. The van der Waals surface area contributed by atoms with E-state index in [-0.39, 0.29) is 24.3 Å². The van der Waals surface area contributed by atoms with Gasteiger partial charge in [-0.15, -0.1) is 0 Å². The third-order valence-corrected chi connectivity index (χ3v) is 5.38. The van der Waals surface area contributed by atoms with Crippen molar-refractivity contribution in [2.75, 3.05) is 26.0 Å². The molecule has 29 heavy (non-hydrogen) atoms. The summed E-state index contributed by atoms with van der Waals surface area (Å²) in [6.45, 7) is 3.86. The number of carbonyl (C=O) groups is 2. The zero-order valence-electron chi connectivity index (χ0n) is 16.9. The van der Waals surface area contributed by atoms with E-state index >= 15 is 0 Å². The minimum absolute atomic E-state index is 0.00517. The largest absolute Gasteiger partial charge is 0.495 e. The maximum absolute atomic E-state index is 13.2. The quantitative estimate of drug-likeness (QED) is 0.520. The van der Waals surface area contributed by atoms with Gasteiger partial charge in [0.05, 0.1) is 25.4 Å². The van der Waals surface area contributed by atoms with Gasteiger partial charge in [-0.05, 0) is 38.1 Å². The topological polar surface area (TPSA) is 75.6 Å². The van der Waals surface area contributed by atoms with Gasteiger partial charge in [-0.1, -0.05) is 29.8 Å². The molecule has 2 atom stereocenters. The van der Waals surface area contributed by atoms with E-state index in [4.69, 9.17) is 16.3 Å². The van der Waals surface area contributed by atoms with Crippen LogP contribution in [0.3, 0.4) is 0 Å². The van der Waals surface area contributed by atoms with Gasteiger partial charge in [-0.3, -0.25) is 9.59 Å². The van der Waals surface area contributed by atoms with Crippen LogP contribution in [0.5, 0.6) is 5.75 Å². The maximum Gasteiger partial charge on any atom is 0.279 e. The van der Waals surface area contributed by atoms with Crippen LogP contribution >= 0.6 is 11.6 Å². The summed E-state index contributed by atoms with van der Waals surface area (Å²) in [6, 6.07) is 12.4. The van der Waals surface area contributed by atoms with Crippen LogP contribution in [0.2, 0.25) is 5.02 Å². The summed E-state index contributed by atoms with van der Waals surface area (Å²) < 4.78 is 5.26. The molecular weight excluding hydrogens is 390 g/mol. The lowest BCUT2D eigenvalue weighted by Gasteiger charge is -2.20. The lowest BCUT2D eigenvalue weighted by Crippen LogP contribution is -3.14. The number of Topliss-reactive ketones (excluding diaryl/α,β-unsaturated/α-hetero) is 1. The number of nitrogens with one attached hydrogen (secondary N) is 3. The van der Waals surface area contributed by atoms with Crippen molar-refractivity contribution in [3.8, 4) is 5.75 Å². The number of benzene rings is 2. The fraction of sp³-hybridized carbons (Fsp3) is 0.273. The monoisotopic (exact) mass is 414 g/mol. The summed E-state index contributed by atoms with van der Waals surface area (Å²) in [5.41, 5.74) is 2.96. The molecule has 0 fully saturated rings. The van der Waals surface area contributed by atoms with E-state index < -0.39 is 0 Å². The minimum Gasteiger partial charge on any atom is -0.495 e. The van der Waals surface area contributed by atoms with Crippen LogP contribution in [0.1, 0.15) is 23.0 Å². The molecule has 0 aliphatic carbocycles. The first-order valence-corrected chi connectivity index (χ1v) is 9.76. The Morgan fingerprint density at radius 3 is 2.69 bits per heavy atom. The van der Waals surface area contributed by atoms with Crippen LogP contribution in [0.4, 0.5) is 5.69 Å². The Morgan fingerprint density at radius 2 is 1.97 bits per heavy atom. The van der Waals surface area contributed by atoms with Gasteiger partial charge >= 0.3 is 0 Å². The highest BCUT2D eigenvalue weighted by molar-refractivity contribution is 6.31. The molecule has 3 aromatic rings. The third-order valence-electron chi connectivity index (χ3n) is 5.15. The number of para-hydroxylation sites is 1. The van der Waals surface area contributed by atoms with Crippen LogP contribution in [0.25, 0.3) is 10.9 Å². The number of rotatable bonds is 7. The van der Waals surface area contributed by atoms with E-state index in [1.165, 1.54) is 7.11 Å². The fourth-order valence-corrected chi connectivity index (χ4v) is 3.59. The number of anilines is 1. The Kier molecular flexibility index (Phi) is 6.25. The van der Waals surface area contributed by atoms with Gasteiger partial charge in [0, 0.05) is 21.6 Å². The third kappa shape index (κ3) is 4.44. The van der Waals surface area contributed by atoms with Gasteiger partial charge in [-0.2, -0.15) is 0 Å². The van der Waals surface area contributed by atoms with Gasteiger partial charge in [0.2, 0.25) is 5.78 Å². The number of ether oxygens (including phenoxy) is 1. The summed E-state index contributed by atoms with van der Waals surface area (Å²) in [5, 5.41) is 4.22. The molecule has 0 saturated heterocycles. The van der Waals surface area contributed by atoms with E-state index in [0.29, 0.717) is 22.0 Å². The Balaban J connectivity index is 1.72. The molecule has 0 bridgehead atoms. The van der Waals surface area contributed by atoms with Crippen LogP contribution in [-0.2, 0) is 4.79 Å². The highest BCUT2D eigenvalue weighted by Gasteiger charge is 2.28. The molecule has 0 saturated carbocycles. The second kappa shape index (κ2) is 8.68. The fourth-order valence-electron chi connectivity index (χ4n) is 3.41. The van der Waals surface area contributed by atoms with Crippen molar-refractivity contribution in [2.45, 2.75) is 19.9 Å². The van der Waals surface area contributed by atoms with Gasteiger partial charge in [-0.25, -0.2) is 0 Å². The number of aromatic amines is 1. The SMILES string of the molecule is COc1ccc(Cl)cc1NC(=O)C[NH+](C)[C@@H](C)C(=O)c1c(C)[nH]c2ccccc12. The van der Waals surface area contributed by atoms with Crippen LogP contribution in [0.15, 0.2) is 42.5 Å². The van der Waals surface area contributed by atoms with Gasteiger partial charge in [0.1, 0.15) is 11.8 Å². The lowest BCUT2D eigenvalue weighted by atomic mass is 10.0. The molecule has 1 aromatic heterocycles. The standard InChI is InChI=1S/C22H24ClN3O3/c1-13-21(16-7-5-6-8-17(16)24-13)22(28)14(2)26(3)12-20(27)25-18-11-15(23)9-10-19(18)29-4/h5-11,14,24H,12H2,1-4H3,(H,25,27)/p+1/t14-/m0/s1. The number of likely N-dealkylation sites (N-methyl/N-ethyl adjacent to an activating group) is 1. The zero-order valence-corrected chi connectivity index (χ0v) is 17.7. The maximum atomic E-state index is 13.2. The van der Waals surface area contributed by atoms with Gasteiger partial charge < -0.3 is 19.9 Å². The Hall–Kier alpha value is -2.83. The number of aryl methyl sites for hydroxylation is 1. The number of H-pyrrole nitrogens is 1. The van der Waals surface area contributed by atoms with Crippen LogP contribution in [-0.4, -0.2) is 43.4 Å². The number of hydrogen-bond acceptors (Lipinski definition) is 3. The Morgan fingerprint density at radius 1 is 1.24 bits per heavy atom.